The second kappa shape index (κ2) is 9.19. The smallest absolute Gasteiger partial charge is 0.277 e. The van der Waals surface area contributed by atoms with Crippen LogP contribution in [0.1, 0.15) is 22.3 Å². The van der Waals surface area contributed by atoms with E-state index in [1.54, 1.807) is 25.1 Å². The number of aryl methyl sites for hydroxylation is 1. The summed E-state index contributed by atoms with van der Waals surface area (Å²) in [6.07, 6.45) is 0.263. The van der Waals surface area contributed by atoms with Gasteiger partial charge in [-0.05, 0) is 65.8 Å². The zero-order valence-corrected chi connectivity index (χ0v) is 15.9. The minimum absolute atomic E-state index is 0.00733. The Kier molecular flexibility index (Phi) is 7.23. The number of hydroxylamine groups is 1. The highest BCUT2D eigenvalue weighted by atomic mass is 127. The minimum atomic E-state index is -1.69. The number of rotatable bonds is 7. The van der Waals surface area contributed by atoms with Crippen LogP contribution in [-0.4, -0.2) is 24.2 Å². The van der Waals surface area contributed by atoms with E-state index in [2.05, 4.69) is 27.9 Å². The van der Waals surface area contributed by atoms with Gasteiger partial charge in [0.2, 0.25) is 0 Å². The Hall–Kier alpha value is -1.85. The number of benzene rings is 2. The number of halogens is 4. The van der Waals surface area contributed by atoms with Gasteiger partial charge < -0.3 is 10.4 Å². The number of nitrogens with one attached hydrogen (secondary N) is 2. The van der Waals surface area contributed by atoms with Gasteiger partial charge in [-0.15, -0.1) is 0 Å². The molecule has 0 unspecified atom stereocenters. The molecule has 0 saturated heterocycles. The monoisotopic (exact) mass is 480 g/mol. The van der Waals surface area contributed by atoms with Crippen molar-refractivity contribution >= 4 is 39.9 Å². The highest BCUT2D eigenvalue weighted by Gasteiger charge is 2.23. The molecule has 0 radical (unpaired) electrons. The third kappa shape index (κ3) is 4.86. The summed E-state index contributed by atoms with van der Waals surface area (Å²) in [5.74, 6) is -5.64. The van der Waals surface area contributed by atoms with Crippen molar-refractivity contribution < 1.29 is 27.9 Å². The molecule has 0 aliphatic carbocycles. The SMILES string of the molecule is Cc1cc(I)ccc1Nc1c(C(=O)NOCCCO)cc(F)c(F)c1F. The molecule has 0 aliphatic rings. The number of carbonyl (C=O) groups excluding carboxylic acids is 1. The van der Waals surface area contributed by atoms with Crippen LogP contribution in [0.4, 0.5) is 24.5 Å². The number of aliphatic hydroxyl groups is 1. The summed E-state index contributed by atoms with van der Waals surface area (Å²) in [6.45, 7) is 1.61. The highest BCUT2D eigenvalue weighted by molar-refractivity contribution is 14.1. The molecule has 3 N–H and O–H groups in total. The fourth-order valence-electron chi connectivity index (χ4n) is 2.11. The fourth-order valence-corrected chi connectivity index (χ4v) is 2.75. The number of hydrogen-bond donors (Lipinski definition) is 3. The third-order valence-electron chi connectivity index (χ3n) is 3.42. The molecule has 2 rings (SSSR count). The Balaban J connectivity index is 2.36. The van der Waals surface area contributed by atoms with Crippen LogP contribution in [0.15, 0.2) is 24.3 Å². The number of carbonyl (C=O) groups is 1. The van der Waals surface area contributed by atoms with Crippen LogP contribution in [0.5, 0.6) is 0 Å². The van der Waals surface area contributed by atoms with Gasteiger partial charge in [-0.3, -0.25) is 9.63 Å². The van der Waals surface area contributed by atoms with E-state index in [-0.39, 0.29) is 19.6 Å². The molecule has 26 heavy (non-hydrogen) atoms. The molecule has 2 aromatic rings. The van der Waals surface area contributed by atoms with Gasteiger partial charge in [0.15, 0.2) is 17.5 Å². The second-order valence-electron chi connectivity index (χ2n) is 5.35. The quantitative estimate of drug-likeness (QED) is 0.244. The maximum atomic E-state index is 14.3. The molecule has 0 aliphatic heterocycles. The van der Waals surface area contributed by atoms with E-state index >= 15 is 0 Å². The first-order valence-electron chi connectivity index (χ1n) is 7.58. The van der Waals surface area contributed by atoms with Gasteiger partial charge in [0.25, 0.3) is 5.91 Å². The first-order valence-corrected chi connectivity index (χ1v) is 8.66. The Labute approximate surface area is 161 Å². The molecule has 9 heteroatoms. The normalized spacial score (nSPS) is 10.7. The van der Waals surface area contributed by atoms with Crippen molar-refractivity contribution in [2.24, 2.45) is 0 Å². The van der Waals surface area contributed by atoms with Crippen LogP contribution in [-0.2, 0) is 4.84 Å². The van der Waals surface area contributed by atoms with Crippen molar-refractivity contribution in [3.63, 3.8) is 0 Å². The summed E-state index contributed by atoms with van der Waals surface area (Å²) in [6, 6.07) is 5.77. The second-order valence-corrected chi connectivity index (χ2v) is 6.60. The van der Waals surface area contributed by atoms with Crippen molar-refractivity contribution in [2.45, 2.75) is 13.3 Å². The summed E-state index contributed by atoms with van der Waals surface area (Å²) < 4.78 is 42.5. The van der Waals surface area contributed by atoms with Crippen LogP contribution in [0.3, 0.4) is 0 Å². The maximum Gasteiger partial charge on any atom is 0.277 e. The lowest BCUT2D eigenvalue weighted by atomic mass is 10.1. The third-order valence-corrected chi connectivity index (χ3v) is 4.10. The Bertz CT molecular complexity index is 818. The molecule has 2 aromatic carbocycles. The van der Waals surface area contributed by atoms with Gasteiger partial charge >= 0.3 is 0 Å². The predicted molar refractivity (Wildman–Crippen MR) is 98.6 cm³/mol. The molecule has 5 nitrogen and oxygen atoms in total. The lowest BCUT2D eigenvalue weighted by Crippen LogP contribution is -2.26. The van der Waals surface area contributed by atoms with E-state index in [4.69, 9.17) is 9.94 Å². The lowest BCUT2D eigenvalue weighted by molar-refractivity contribution is 0.0262. The summed E-state index contributed by atoms with van der Waals surface area (Å²) in [4.78, 5) is 17.0. The summed E-state index contributed by atoms with van der Waals surface area (Å²) in [5, 5.41) is 11.3. The van der Waals surface area contributed by atoms with Crippen molar-refractivity contribution in [3.8, 4) is 0 Å². The molecular formula is C17H16F3IN2O3. The van der Waals surface area contributed by atoms with Crippen molar-refractivity contribution in [1.82, 2.24) is 5.48 Å². The number of amides is 1. The van der Waals surface area contributed by atoms with Crippen molar-refractivity contribution in [3.05, 3.63) is 56.4 Å². The molecule has 0 atom stereocenters. The van der Waals surface area contributed by atoms with E-state index in [1.807, 2.05) is 5.48 Å². The Morgan fingerprint density at radius 2 is 1.96 bits per heavy atom. The lowest BCUT2D eigenvalue weighted by Gasteiger charge is -2.16. The first kappa shape index (κ1) is 20.5. The zero-order valence-electron chi connectivity index (χ0n) is 13.7. The molecular weight excluding hydrogens is 464 g/mol. The largest absolute Gasteiger partial charge is 0.396 e. The Morgan fingerprint density at radius 3 is 2.62 bits per heavy atom. The molecule has 140 valence electrons. The van der Waals surface area contributed by atoms with Gasteiger partial charge in [-0.1, -0.05) is 0 Å². The average molecular weight is 480 g/mol. The molecule has 0 spiro atoms. The van der Waals surface area contributed by atoms with Crippen molar-refractivity contribution in [1.29, 1.82) is 0 Å². The minimum Gasteiger partial charge on any atom is -0.396 e. The first-order chi connectivity index (χ1) is 12.3. The number of hydrogen-bond acceptors (Lipinski definition) is 4. The summed E-state index contributed by atoms with van der Waals surface area (Å²) in [7, 11) is 0. The van der Waals surface area contributed by atoms with E-state index in [1.165, 1.54) is 0 Å². The van der Waals surface area contributed by atoms with E-state index in [0.29, 0.717) is 11.8 Å². The summed E-state index contributed by atoms with van der Waals surface area (Å²) in [5.41, 5.74) is 2.22. The molecule has 0 heterocycles. The fraction of sp³-hybridized carbons (Fsp3) is 0.235. The van der Waals surface area contributed by atoms with E-state index in [9.17, 15) is 18.0 Å². The molecule has 0 saturated carbocycles. The van der Waals surface area contributed by atoms with E-state index in [0.717, 1.165) is 9.13 Å². The average Bonchev–Trinajstić information content (AvgIpc) is 2.60. The van der Waals surface area contributed by atoms with Gasteiger partial charge in [0.05, 0.1) is 17.9 Å². The zero-order chi connectivity index (χ0) is 19.3. The molecule has 0 aromatic heterocycles. The van der Waals surface area contributed by atoms with Crippen LogP contribution in [0.25, 0.3) is 0 Å². The maximum absolute atomic E-state index is 14.3. The highest BCUT2D eigenvalue weighted by Crippen LogP contribution is 2.30. The van der Waals surface area contributed by atoms with Crippen molar-refractivity contribution in [2.75, 3.05) is 18.5 Å². The predicted octanol–water partition coefficient (Wildman–Crippen LogP) is 3.80. The van der Waals surface area contributed by atoms with Crippen LogP contribution in [0.2, 0.25) is 0 Å². The van der Waals surface area contributed by atoms with Gasteiger partial charge in [-0.25, -0.2) is 18.7 Å². The van der Waals surface area contributed by atoms with Gasteiger partial charge in [-0.2, -0.15) is 0 Å². The van der Waals surface area contributed by atoms with Crippen LogP contribution < -0.4 is 10.8 Å². The number of aliphatic hydroxyl groups excluding tert-OH is 1. The number of anilines is 2. The van der Waals surface area contributed by atoms with Crippen LogP contribution in [0, 0.1) is 27.9 Å². The summed E-state index contributed by atoms with van der Waals surface area (Å²) >= 11 is 2.10. The molecule has 0 fully saturated rings. The Morgan fingerprint density at radius 1 is 1.23 bits per heavy atom. The van der Waals surface area contributed by atoms with Gasteiger partial charge in [0, 0.05) is 15.9 Å². The van der Waals surface area contributed by atoms with Gasteiger partial charge in [0.1, 0.15) is 0 Å². The standard InChI is InChI=1S/C17H16F3IN2O3/c1-9-7-10(21)3-4-13(9)22-16-11(8-12(18)14(19)15(16)20)17(25)23-26-6-2-5-24/h3-4,7-8,22,24H,2,5-6H2,1H3,(H,23,25). The van der Waals surface area contributed by atoms with Crippen LogP contribution >= 0.6 is 22.6 Å². The molecule has 1 amide bonds. The molecule has 0 bridgehead atoms. The topological polar surface area (TPSA) is 70.6 Å². The van der Waals surface area contributed by atoms with E-state index < -0.39 is 34.6 Å².